The fraction of sp³-hybridized carbons (Fsp3) is 0.500. The van der Waals surface area contributed by atoms with Gasteiger partial charge in [-0.2, -0.15) is 0 Å². The van der Waals surface area contributed by atoms with E-state index in [1.165, 1.54) is 23.0 Å². The van der Waals surface area contributed by atoms with E-state index in [-0.39, 0.29) is 0 Å². The van der Waals surface area contributed by atoms with Gasteiger partial charge >= 0.3 is 46.2 Å². The molecule has 0 nitrogen and oxygen atoms in total. The monoisotopic (exact) mass is 176 g/mol. The van der Waals surface area contributed by atoms with Crippen molar-refractivity contribution in [1.29, 1.82) is 0 Å². The van der Waals surface area contributed by atoms with E-state index in [2.05, 4.69) is 11.8 Å². The molecule has 0 amide bonds. The van der Waals surface area contributed by atoms with Crippen molar-refractivity contribution in [2.45, 2.75) is 11.3 Å². The second kappa shape index (κ2) is 4.38. The van der Waals surface area contributed by atoms with E-state index in [1.807, 2.05) is 6.92 Å². The van der Waals surface area contributed by atoms with Crippen LogP contribution in [0.1, 0.15) is 6.92 Å². The van der Waals surface area contributed by atoms with Gasteiger partial charge in [-0.1, -0.05) is 0 Å². The Morgan fingerprint density at radius 3 is 2.40 bits per heavy atom. The molecule has 5 heavy (non-hydrogen) atoms. The SMILES string of the molecule is CC#C[CH2][SbH2]. The summed E-state index contributed by atoms with van der Waals surface area (Å²) < 4.78 is 1.11. The predicted octanol–water partition coefficient (Wildman–Crippen LogP) is 0.0611. The first-order chi connectivity index (χ1) is 2.41. The Balaban J connectivity index is 2.81. The molecule has 0 N–H and O–H groups in total. The van der Waals surface area contributed by atoms with E-state index < -0.39 is 0 Å². The molecule has 28 valence electrons. The second-order valence-corrected chi connectivity index (χ2v) is 1.80. The van der Waals surface area contributed by atoms with E-state index in [0.717, 1.165) is 4.37 Å². The van der Waals surface area contributed by atoms with Crippen LogP contribution in [0.2, 0.25) is 4.37 Å². The molecule has 0 saturated carbocycles. The van der Waals surface area contributed by atoms with Gasteiger partial charge in [-0.3, -0.25) is 0 Å². The third-order valence-corrected chi connectivity index (χ3v) is 0.861. The Labute approximate surface area is 46.4 Å². The van der Waals surface area contributed by atoms with Gasteiger partial charge in [0.2, 0.25) is 0 Å². The summed E-state index contributed by atoms with van der Waals surface area (Å²) in [6, 6.07) is 0. The zero-order valence-corrected chi connectivity index (χ0v) is 6.58. The zero-order valence-electron chi connectivity index (χ0n) is 3.28. The first-order valence-electron chi connectivity index (χ1n) is 1.51. The van der Waals surface area contributed by atoms with Gasteiger partial charge in [-0.25, -0.2) is 0 Å². The van der Waals surface area contributed by atoms with E-state index in [1.54, 1.807) is 0 Å². The van der Waals surface area contributed by atoms with Crippen molar-refractivity contribution < 1.29 is 0 Å². The minimum atomic E-state index is 1.11. The van der Waals surface area contributed by atoms with Gasteiger partial charge in [0.1, 0.15) is 0 Å². The third-order valence-electron chi connectivity index (χ3n) is 0.279. The van der Waals surface area contributed by atoms with Crippen LogP contribution in [0.15, 0.2) is 0 Å². The molecule has 0 spiro atoms. The average molecular weight is 177 g/mol. The number of hydrogen-bond donors (Lipinski definition) is 0. The van der Waals surface area contributed by atoms with Gasteiger partial charge in [0.25, 0.3) is 0 Å². The molecule has 0 aliphatic carbocycles. The quantitative estimate of drug-likeness (QED) is 0.362. The van der Waals surface area contributed by atoms with Gasteiger partial charge in [0.15, 0.2) is 0 Å². The molecule has 0 bridgehead atoms. The average Bonchev–Trinajstić information content (AvgIpc) is 1.41. The molecule has 0 aliphatic rings. The van der Waals surface area contributed by atoms with Crippen molar-refractivity contribution in [2.75, 3.05) is 0 Å². The van der Waals surface area contributed by atoms with Crippen molar-refractivity contribution >= 4 is 23.0 Å². The van der Waals surface area contributed by atoms with Crippen molar-refractivity contribution in [3.63, 3.8) is 0 Å². The summed E-state index contributed by atoms with van der Waals surface area (Å²) in [6.45, 7) is 1.87. The van der Waals surface area contributed by atoms with Crippen LogP contribution in [0.3, 0.4) is 0 Å². The summed E-state index contributed by atoms with van der Waals surface area (Å²) in [4.78, 5) is 0. The third kappa shape index (κ3) is 4.38. The van der Waals surface area contributed by atoms with Gasteiger partial charge in [-0.15, -0.1) is 0 Å². The van der Waals surface area contributed by atoms with E-state index in [0.29, 0.717) is 0 Å². The minimum absolute atomic E-state index is 1.11. The van der Waals surface area contributed by atoms with Crippen molar-refractivity contribution in [3.05, 3.63) is 0 Å². The summed E-state index contributed by atoms with van der Waals surface area (Å²) in [6.07, 6.45) is 0. The molecular formula is C4H7Sb. The summed E-state index contributed by atoms with van der Waals surface area (Å²) in [5.74, 6) is 5.72. The molecule has 0 heterocycles. The Hall–Kier alpha value is 0.378. The van der Waals surface area contributed by atoms with Crippen molar-refractivity contribution in [1.82, 2.24) is 0 Å². The molecule has 0 aromatic carbocycles. The molecule has 0 radical (unpaired) electrons. The van der Waals surface area contributed by atoms with Crippen LogP contribution in [0, 0.1) is 11.8 Å². The van der Waals surface area contributed by atoms with E-state index in [9.17, 15) is 0 Å². The maximum absolute atomic E-state index is 2.92. The van der Waals surface area contributed by atoms with Crippen LogP contribution in [-0.2, 0) is 0 Å². The Morgan fingerprint density at radius 1 is 1.80 bits per heavy atom. The fourth-order valence-electron chi connectivity index (χ4n) is 0.102. The first kappa shape index (κ1) is 5.38. The molecule has 0 saturated heterocycles. The van der Waals surface area contributed by atoms with Crippen LogP contribution < -0.4 is 0 Å². The molecule has 0 atom stereocenters. The summed E-state index contributed by atoms with van der Waals surface area (Å²) >= 11 is 1.28. The Morgan fingerprint density at radius 2 is 2.40 bits per heavy atom. The Bertz CT molecular complexity index is 55.8. The van der Waals surface area contributed by atoms with Gasteiger partial charge < -0.3 is 0 Å². The Kier molecular flexibility index (Phi) is 4.71. The second-order valence-electron chi connectivity index (χ2n) is 0.631. The summed E-state index contributed by atoms with van der Waals surface area (Å²) in [7, 11) is 0. The van der Waals surface area contributed by atoms with E-state index in [4.69, 9.17) is 0 Å². The van der Waals surface area contributed by atoms with Gasteiger partial charge in [0.05, 0.1) is 0 Å². The van der Waals surface area contributed by atoms with Crippen LogP contribution >= 0.6 is 0 Å². The zero-order chi connectivity index (χ0) is 4.12. The molecule has 0 unspecified atom stereocenters. The predicted molar refractivity (Wildman–Crippen MR) is 26.8 cm³/mol. The summed E-state index contributed by atoms with van der Waals surface area (Å²) in [5, 5.41) is 0. The van der Waals surface area contributed by atoms with Crippen LogP contribution in [0.25, 0.3) is 0 Å². The molecule has 0 fully saturated rings. The van der Waals surface area contributed by atoms with E-state index >= 15 is 0 Å². The van der Waals surface area contributed by atoms with Gasteiger partial charge in [0, 0.05) is 0 Å². The topological polar surface area (TPSA) is 0 Å². The molecule has 0 aromatic rings. The molecule has 0 rings (SSSR count). The summed E-state index contributed by atoms with van der Waals surface area (Å²) in [5.41, 5.74) is 0. The van der Waals surface area contributed by atoms with Gasteiger partial charge in [-0.05, 0) is 0 Å². The molecule has 1 heteroatoms. The van der Waals surface area contributed by atoms with Crippen LogP contribution in [0.5, 0.6) is 0 Å². The van der Waals surface area contributed by atoms with Crippen LogP contribution in [0.4, 0.5) is 0 Å². The molecular weight excluding hydrogens is 170 g/mol. The molecule has 0 aliphatic heterocycles. The standard InChI is InChI=1S/C4H5.Sb.2H/c1-3-4-2;;;/h1H2,2H3;;;. The fourth-order valence-corrected chi connectivity index (χ4v) is 0.685. The van der Waals surface area contributed by atoms with Crippen molar-refractivity contribution in [2.24, 2.45) is 0 Å². The maximum atomic E-state index is 2.92. The first-order valence-corrected chi connectivity index (χ1v) is 3.84. The molecule has 0 aromatic heterocycles. The van der Waals surface area contributed by atoms with Crippen LogP contribution in [-0.4, -0.2) is 23.0 Å². The normalized spacial score (nSPS) is 5.20. The van der Waals surface area contributed by atoms with Crippen molar-refractivity contribution in [3.8, 4) is 11.8 Å². The number of rotatable bonds is 0. The number of hydrogen-bond acceptors (Lipinski definition) is 0.